The number of aliphatic hydroxyl groups is 1. The molecule has 3 N–H and O–H groups in total. The number of ether oxygens (including phenoxy) is 2. The number of nitrogens with zero attached hydrogens (tertiary/aromatic N) is 4. The maximum absolute atomic E-state index is 12.4. The fourth-order valence-corrected chi connectivity index (χ4v) is 3.19. The van der Waals surface area contributed by atoms with Crippen molar-refractivity contribution < 1.29 is 19.4 Å². The van der Waals surface area contributed by atoms with Gasteiger partial charge in [0.15, 0.2) is 5.69 Å². The second-order valence-corrected chi connectivity index (χ2v) is 6.53. The number of amides is 1. The van der Waals surface area contributed by atoms with Crippen LogP contribution in [0, 0.1) is 0 Å². The molecule has 2 fully saturated rings. The van der Waals surface area contributed by atoms with Crippen LogP contribution in [-0.2, 0) is 16.0 Å². The lowest BCUT2D eigenvalue weighted by Crippen LogP contribution is -2.50. The van der Waals surface area contributed by atoms with Gasteiger partial charge in [-0.15, -0.1) is 5.10 Å². The smallest absolute Gasteiger partial charge is 0.273 e. The monoisotopic (exact) mass is 368 g/mol. The third kappa shape index (κ3) is 5.45. The van der Waals surface area contributed by atoms with E-state index >= 15 is 0 Å². The number of aliphatic hydroxyl groups excluding tert-OH is 1. The minimum Gasteiger partial charge on any atom is -0.394 e. The van der Waals surface area contributed by atoms with Crippen LogP contribution in [0.4, 0.5) is 0 Å². The van der Waals surface area contributed by atoms with Crippen molar-refractivity contribution in [2.75, 3.05) is 59.2 Å². The van der Waals surface area contributed by atoms with Crippen molar-refractivity contribution in [1.29, 1.82) is 0 Å². The highest BCUT2D eigenvalue weighted by atomic mass is 16.5. The highest BCUT2D eigenvalue weighted by molar-refractivity contribution is 5.92. The third-order valence-corrected chi connectivity index (χ3v) is 4.66. The van der Waals surface area contributed by atoms with Crippen LogP contribution < -0.4 is 10.6 Å². The lowest BCUT2D eigenvalue weighted by atomic mass is 10.1. The van der Waals surface area contributed by atoms with Gasteiger partial charge in [0.1, 0.15) is 0 Å². The highest BCUT2D eigenvalue weighted by Crippen LogP contribution is 2.12. The van der Waals surface area contributed by atoms with Gasteiger partial charge in [0.2, 0.25) is 0 Å². The zero-order valence-corrected chi connectivity index (χ0v) is 15.0. The van der Waals surface area contributed by atoms with Crippen LogP contribution in [0.2, 0.25) is 0 Å². The largest absolute Gasteiger partial charge is 0.394 e. The normalized spacial score (nSPS) is 24.5. The predicted octanol–water partition coefficient (Wildman–Crippen LogP) is -1.92. The number of carbonyl (C=O) groups excluding carboxylic acids is 1. The van der Waals surface area contributed by atoms with Crippen molar-refractivity contribution in [3.8, 4) is 0 Å². The molecule has 2 saturated heterocycles. The van der Waals surface area contributed by atoms with E-state index in [4.69, 9.17) is 14.6 Å². The number of hydrogen-bond donors (Lipinski definition) is 3. The van der Waals surface area contributed by atoms with Crippen LogP contribution in [0.1, 0.15) is 16.9 Å². The fourth-order valence-electron chi connectivity index (χ4n) is 3.19. The molecule has 3 rings (SSSR count). The maximum atomic E-state index is 12.4. The molecule has 0 saturated carbocycles. The average Bonchev–Trinajstić information content (AvgIpc) is 3.16. The van der Waals surface area contributed by atoms with Gasteiger partial charge in [-0.3, -0.25) is 14.4 Å². The first-order chi connectivity index (χ1) is 12.8. The van der Waals surface area contributed by atoms with Gasteiger partial charge >= 0.3 is 0 Å². The molecule has 0 spiro atoms. The number of piperazine rings is 1. The summed E-state index contributed by atoms with van der Waals surface area (Å²) in [6, 6.07) is -0.256. The van der Waals surface area contributed by atoms with E-state index in [1.807, 2.05) is 0 Å². The van der Waals surface area contributed by atoms with Crippen molar-refractivity contribution in [2.24, 2.45) is 0 Å². The lowest BCUT2D eigenvalue weighted by Gasteiger charge is -2.31. The van der Waals surface area contributed by atoms with Gasteiger partial charge in [-0.05, 0) is 6.42 Å². The molecule has 0 aliphatic carbocycles. The maximum Gasteiger partial charge on any atom is 0.273 e. The van der Waals surface area contributed by atoms with E-state index in [9.17, 15) is 4.79 Å². The van der Waals surface area contributed by atoms with Gasteiger partial charge in [-0.2, -0.15) is 0 Å². The van der Waals surface area contributed by atoms with E-state index < -0.39 is 0 Å². The summed E-state index contributed by atoms with van der Waals surface area (Å²) in [5, 5.41) is 23.2. The fraction of sp³-hybridized carbons (Fsp3) is 0.812. The van der Waals surface area contributed by atoms with Crippen molar-refractivity contribution in [1.82, 2.24) is 30.5 Å². The number of hydrogen-bond acceptors (Lipinski definition) is 8. The summed E-state index contributed by atoms with van der Waals surface area (Å²) >= 11 is 0. The summed E-state index contributed by atoms with van der Waals surface area (Å²) in [6.07, 6.45) is 2.19. The van der Waals surface area contributed by atoms with Crippen LogP contribution in [0.15, 0.2) is 6.20 Å². The van der Waals surface area contributed by atoms with Crippen molar-refractivity contribution in [3.05, 3.63) is 11.9 Å². The molecule has 0 bridgehead atoms. The number of carbonyl (C=O) groups is 1. The van der Waals surface area contributed by atoms with E-state index in [1.54, 1.807) is 10.9 Å². The third-order valence-electron chi connectivity index (χ3n) is 4.66. The number of nitrogens with one attached hydrogen (secondary N) is 2. The van der Waals surface area contributed by atoms with E-state index in [0.717, 1.165) is 32.7 Å². The summed E-state index contributed by atoms with van der Waals surface area (Å²) in [5.41, 5.74) is 0.289. The molecule has 2 atom stereocenters. The van der Waals surface area contributed by atoms with Gasteiger partial charge < -0.3 is 25.2 Å². The molecule has 1 amide bonds. The Morgan fingerprint density at radius 3 is 3.08 bits per heavy atom. The van der Waals surface area contributed by atoms with Gasteiger partial charge in [-0.25, -0.2) is 0 Å². The molecular weight excluding hydrogens is 340 g/mol. The second-order valence-electron chi connectivity index (χ2n) is 6.53. The first-order valence-corrected chi connectivity index (χ1v) is 9.20. The number of rotatable bonds is 8. The average molecular weight is 368 g/mol. The molecule has 1 aromatic rings. The van der Waals surface area contributed by atoms with Crippen LogP contribution in [0.5, 0.6) is 0 Å². The summed E-state index contributed by atoms with van der Waals surface area (Å²) in [7, 11) is 0. The first kappa shape index (κ1) is 19.2. The quantitative estimate of drug-likeness (QED) is 0.487. The molecule has 10 nitrogen and oxygen atoms in total. The Bertz CT molecular complexity index is 563. The Morgan fingerprint density at radius 2 is 2.27 bits per heavy atom. The molecule has 26 heavy (non-hydrogen) atoms. The standard InChI is InChI=1S/C16H28N6O4/c23-8-10-26-15-1-9-25-12-14(15)18-16(24)13-11-22(20-19-13)7-6-21-4-2-17-3-5-21/h11,14-15,17,23H,1-10,12H2,(H,18,24)/t14-,15+/m1/s1. The molecule has 0 unspecified atom stereocenters. The Balaban J connectivity index is 1.48. The summed E-state index contributed by atoms with van der Waals surface area (Å²) in [6.45, 7) is 6.84. The molecule has 2 aliphatic rings. The predicted molar refractivity (Wildman–Crippen MR) is 92.8 cm³/mol. The van der Waals surface area contributed by atoms with Crippen LogP contribution in [-0.4, -0.2) is 102 Å². The molecule has 0 aromatic carbocycles. The minimum atomic E-state index is -0.286. The van der Waals surface area contributed by atoms with Crippen LogP contribution in [0.25, 0.3) is 0 Å². The SMILES string of the molecule is O=C(N[C@@H]1COCC[C@@H]1OCCO)c1cn(CCN2CCNCC2)nn1. The molecule has 10 heteroatoms. The molecular formula is C16H28N6O4. The molecule has 146 valence electrons. The Labute approximate surface area is 152 Å². The second kappa shape index (κ2) is 9.93. The summed E-state index contributed by atoms with van der Waals surface area (Å²) in [5.74, 6) is -0.286. The van der Waals surface area contributed by atoms with Crippen molar-refractivity contribution in [3.63, 3.8) is 0 Å². The zero-order valence-electron chi connectivity index (χ0n) is 15.0. The minimum absolute atomic E-state index is 0.0422. The van der Waals surface area contributed by atoms with Crippen molar-refractivity contribution in [2.45, 2.75) is 25.1 Å². The van der Waals surface area contributed by atoms with E-state index in [1.165, 1.54) is 0 Å². The Kier molecular flexibility index (Phi) is 7.32. The van der Waals surface area contributed by atoms with Gasteiger partial charge in [0.25, 0.3) is 5.91 Å². The van der Waals surface area contributed by atoms with E-state index in [-0.39, 0.29) is 37.0 Å². The Hall–Kier alpha value is -1.59. The van der Waals surface area contributed by atoms with Crippen LogP contribution >= 0.6 is 0 Å². The summed E-state index contributed by atoms with van der Waals surface area (Å²) < 4.78 is 12.7. The lowest BCUT2D eigenvalue weighted by molar-refractivity contribution is -0.0612. The Morgan fingerprint density at radius 1 is 1.42 bits per heavy atom. The van der Waals surface area contributed by atoms with Gasteiger partial charge in [0.05, 0.1) is 44.7 Å². The topological polar surface area (TPSA) is 114 Å². The van der Waals surface area contributed by atoms with E-state index in [0.29, 0.717) is 26.2 Å². The summed E-state index contributed by atoms with van der Waals surface area (Å²) in [4.78, 5) is 14.8. The van der Waals surface area contributed by atoms with Crippen molar-refractivity contribution >= 4 is 5.91 Å². The van der Waals surface area contributed by atoms with Gasteiger partial charge in [0, 0.05) is 39.3 Å². The number of aromatic nitrogens is 3. The highest BCUT2D eigenvalue weighted by Gasteiger charge is 2.28. The van der Waals surface area contributed by atoms with E-state index in [2.05, 4.69) is 25.8 Å². The molecule has 2 aliphatic heterocycles. The van der Waals surface area contributed by atoms with Gasteiger partial charge in [-0.1, -0.05) is 5.21 Å². The molecule has 0 radical (unpaired) electrons. The zero-order chi connectivity index (χ0) is 18.2. The molecule has 3 heterocycles. The van der Waals surface area contributed by atoms with Crippen LogP contribution in [0.3, 0.4) is 0 Å². The first-order valence-electron chi connectivity index (χ1n) is 9.20. The molecule has 1 aromatic heterocycles.